The van der Waals surface area contributed by atoms with Crippen LogP contribution < -0.4 is 4.90 Å². The number of alkyl halides is 1. The number of rotatable bonds is 4. The van der Waals surface area contributed by atoms with Crippen molar-refractivity contribution in [3.8, 4) is 0 Å². The van der Waals surface area contributed by atoms with Crippen LogP contribution in [0.25, 0.3) is 0 Å². The molecular weight excluding hydrogens is 227 g/mol. The summed E-state index contributed by atoms with van der Waals surface area (Å²) in [4.78, 5) is 6.22. The van der Waals surface area contributed by atoms with E-state index < -0.39 is 0 Å². The van der Waals surface area contributed by atoms with Gasteiger partial charge in [-0.05, 0) is 37.8 Å². The van der Waals surface area contributed by atoms with Crippen LogP contribution in [0, 0.1) is 5.82 Å². The average Bonchev–Trinajstić information content (AvgIpc) is 2.75. The Bertz CT molecular complexity index is 346. The first-order chi connectivity index (χ1) is 7.83. The Morgan fingerprint density at radius 1 is 1.56 bits per heavy atom. The van der Waals surface area contributed by atoms with E-state index in [2.05, 4.69) is 9.88 Å². The third-order valence-electron chi connectivity index (χ3n) is 3.06. The molecule has 1 aromatic heterocycles. The van der Waals surface area contributed by atoms with Crippen LogP contribution >= 0.6 is 11.6 Å². The van der Waals surface area contributed by atoms with Crippen molar-refractivity contribution in [2.45, 2.75) is 31.7 Å². The van der Waals surface area contributed by atoms with Crippen molar-refractivity contribution < 1.29 is 4.39 Å². The summed E-state index contributed by atoms with van der Waals surface area (Å²) in [7, 11) is 0. The number of anilines is 1. The minimum Gasteiger partial charge on any atom is -0.351 e. The zero-order valence-corrected chi connectivity index (χ0v) is 9.96. The van der Waals surface area contributed by atoms with Crippen LogP contribution in [0.4, 0.5) is 10.2 Å². The molecule has 0 amide bonds. The van der Waals surface area contributed by atoms with Crippen LogP contribution in [0.2, 0.25) is 0 Å². The van der Waals surface area contributed by atoms with Crippen molar-refractivity contribution in [2.75, 3.05) is 17.3 Å². The van der Waals surface area contributed by atoms with Gasteiger partial charge < -0.3 is 4.90 Å². The van der Waals surface area contributed by atoms with Gasteiger partial charge in [0, 0.05) is 24.7 Å². The van der Waals surface area contributed by atoms with Crippen LogP contribution in [0.3, 0.4) is 0 Å². The van der Waals surface area contributed by atoms with Crippen molar-refractivity contribution in [1.29, 1.82) is 0 Å². The summed E-state index contributed by atoms with van der Waals surface area (Å²) < 4.78 is 13.6. The van der Waals surface area contributed by atoms with Gasteiger partial charge in [-0.2, -0.15) is 0 Å². The number of aromatic nitrogens is 1. The fourth-order valence-electron chi connectivity index (χ4n) is 2.32. The highest BCUT2D eigenvalue weighted by molar-refractivity contribution is 6.17. The van der Waals surface area contributed by atoms with Gasteiger partial charge >= 0.3 is 0 Å². The van der Waals surface area contributed by atoms with E-state index in [0.29, 0.717) is 17.7 Å². The predicted octanol–water partition coefficient (Wildman–Crippen LogP) is 3.21. The van der Waals surface area contributed by atoms with Crippen molar-refractivity contribution >= 4 is 17.4 Å². The van der Waals surface area contributed by atoms with Gasteiger partial charge in [0.15, 0.2) is 11.6 Å². The Labute approximate surface area is 100 Å². The molecule has 2 rings (SSSR count). The number of nitrogens with zero attached hydrogens (tertiary/aromatic N) is 2. The molecule has 88 valence electrons. The van der Waals surface area contributed by atoms with Gasteiger partial charge in [-0.25, -0.2) is 9.37 Å². The molecule has 1 fully saturated rings. The second-order valence-electron chi connectivity index (χ2n) is 4.13. The Kier molecular flexibility index (Phi) is 3.99. The van der Waals surface area contributed by atoms with Crippen LogP contribution in [-0.2, 0) is 0 Å². The summed E-state index contributed by atoms with van der Waals surface area (Å²) in [5, 5.41) is 0. The zero-order chi connectivity index (χ0) is 11.4. The molecule has 0 aromatic carbocycles. The molecule has 1 aliphatic rings. The molecule has 1 aromatic rings. The van der Waals surface area contributed by atoms with Crippen LogP contribution in [0.5, 0.6) is 0 Å². The molecule has 1 unspecified atom stereocenters. The number of halogens is 2. The Hall–Kier alpha value is -0.830. The van der Waals surface area contributed by atoms with Gasteiger partial charge in [0.1, 0.15) is 0 Å². The van der Waals surface area contributed by atoms with E-state index in [1.807, 2.05) is 0 Å². The van der Waals surface area contributed by atoms with Crippen LogP contribution in [0.1, 0.15) is 25.7 Å². The summed E-state index contributed by atoms with van der Waals surface area (Å²) in [5.41, 5.74) is 0. The van der Waals surface area contributed by atoms with Crippen molar-refractivity contribution in [3.05, 3.63) is 24.1 Å². The average molecular weight is 243 g/mol. The van der Waals surface area contributed by atoms with Gasteiger partial charge in [-0.15, -0.1) is 11.6 Å². The summed E-state index contributed by atoms with van der Waals surface area (Å²) in [6, 6.07) is 3.50. The molecule has 16 heavy (non-hydrogen) atoms. The van der Waals surface area contributed by atoms with E-state index in [0.717, 1.165) is 32.2 Å². The minimum absolute atomic E-state index is 0.222. The second kappa shape index (κ2) is 5.48. The number of hydrogen-bond donors (Lipinski definition) is 0. The van der Waals surface area contributed by atoms with Crippen molar-refractivity contribution in [2.24, 2.45) is 0 Å². The Morgan fingerprint density at radius 2 is 2.44 bits per heavy atom. The number of pyridine rings is 1. The Morgan fingerprint density at radius 3 is 3.19 bits per heavy atom. The van der Waals surface area contributed by atoms with Gasteiger partial charge in [-0.1, -0.05) is 0 Å². The lowest BCUT2D eigenvalue weighted by Crippen LogP contribution is -2.30. The topological polar surface area (TPSA) is 16.1 Å². The molecular formula is C12H16ClFN2. The monoisotopic (exact) mass is 242 g/mol. The van der Waals surface area contributed by atoms with Gasteiger partial charge in [0.05, 0.1) is 0 Å². The maximum absolute atomic E-state index is 13.6. The molecule has 0 aliphatic carbocycles. The molecule has 0 N–H and O–H groups in total. The summed E-state index contributed by atoms with van der Waals surface area (Å²) in [6.45, 7) is 0.904. The minimum atomic E-state index is -0.222. The first-order valence-corrected chi connectivity index (χ1v) is 6.29. The van der Waals surface area contributed by atoms with E-state index in [1.54, 1.807) is 12.3 Å². The maximum atomic E-state index is 13.6. The fraction of sp³-hybridized carbons (Fsp3) is 0.583. The lowest BCUT2D eigenvalue weighted by molar-refractivity contribution is 0.570. The smallest absolute Gasteiger partial charge is 0.165 e. The third-order valence-corrected chi connectivity index (χ3v) is 3.33. The molecule has 1 saturated heterocycles. The van der Waals surface area contributed by atoms with Crippen LogP contribution in [0.15, 0.2) is 18.3 Å². The van der Waals surface area contributed by atoms with Gasteiger partial charge in [-0.3, -0.25) is 0 Å². The molecule has 2 heterocycles. The normalized spacial score (nSPS) is 20.4. The molecule has 2 nitrogen and oxygen atoms in total. The van der Waals surface area contributed by atoms with E-state index in [-0.39, 0.29) is 5.82 Å². The van der Waals surface area contributed by atoms with E-state index in [4.69, 9.17) is 11.6 Å². The number of hydrogen-bond acceptors (Lipinski definition) is 2. The van der Waals surface area contributed by atoms with Crippen molar-refractivity contribution in [1.82, 2.24) is 4.98 Å². The fourth-order valence-corrected chi connectivity index (χ4v) is 2.47. The third kappa shape index (κ3) is 2.46. The van der Waals surface area contributed by atoms with E-state index >= 15 is 0 Å². The summed E-state index contributed by atoms with van der Waals surface area (Å²) in [6.07, 6.45) is 5.89. The molecule has 0 radical (unpaired) electrons. The lowest BCUT2D eigenvalue weighted by atomic mass is 10.1. The standard InChI is InChI=1S/C12H16ClFN2/c13-7-1-4-10-5-3-9-16(10)12-11(14)6-2-8-15-12/h2,6,8,10H,1,3-5,7,9H2. The maximum Gasteiger partial charge on any atom is 0.165 e. The first kappa shape index (κ1) is 11.6. The SMILES string of the molecule is Fc1cccnc1N1CCCC1CCCCl. The quantitative estimate of drug-likeness (QED) is 0.754. The largest absolute Gasteiger partial charge is 0.351 e. The van der Waals surface area contributed by atoms with E-state index in [1.165, 1.54) is 6.07 Å². The predicted molar refractivity (Wildman–Crippen MR) is 64.5 cm³/mol. The van der Waals surface area contributed by atoms with Gasteiger partial charge in [0.2, 0.25) is 0 Å². The van der Waals surface area contributed by atoms with E-state index in [9.17, 15) is 4.39 Å². The lowest BCUT2D eigenvalue weighted by Gasteiger charge is -2.25. The highest BCUT2D eigenvalue weighted by Gasteiger charge is 2.26. The molecule has 0 bridgehead atoms. The highest BCUT2D eigenvalue weighted by Crippen LogP contribution is 2.28. The summed E-state index contributed by atoms with van der Waals surface area (Å²) >= 11 is 5.70. The molecule has 1 atom stereocenters. The molecule has 0 saturated carbocycles. The molecule has 4 heteroatoms. The second-order valence-corrected chi connectivity index (χ2v) is 4.51. The summed E-state index contributed by atoms with van der Waals surface area (Å²) in [5.74, 6) is 0.953. The zero-order valence-electron chi connectivity index (χ0n) is 9.20. The Balaban J connectivity index is 2.10. The van der Waals surface area contributed by atoms with Crippen LogP contribution in [-0.4, -0.2) is 23.5 Å². The van der Waals surface area contributed by atoms with Crippen molar-refractivity contribution in [3.63, 3.8) is 0 Å². The molecule has 1 aliphatic heterocycles. The van der Waals surface area contributed by atoms with Gasteiger partial charge in [0.25, 0.3) is 0 Å². The molecule has 0 spiro atoms. The first-order valence-electron chi connectivity index (χ1n) is 5.76. The highest BCUT2D eigenvalue weighted by atomic mass is 35.5.